The Morgan fingerprint density at radius 1 is 1.38 bits per heavy atom. The molecule has 1 heterocycles. The van der Waals surface area contributed by atoms with Crippen LogP contribution in [0, 0.1) is 6.92 Å². The normalized spacial score (nSPS) is 10.4. The van der Waals surface area contributed by atoms with Crippen LogP contribution in [0.25, 0.3) is 0 Å². The van der Waals surface area contributed by atoms with Crippen molar-refractivity contribution < 1.29 is 14.6 Å². The largest absolute Gasteiger partial charge is 0.487 e. The van der Waals surface area contributed by atoms with Gasteiger partial charge in [0.15, 0.2) is 0 Å². The number of hydrogen-bond acceptors (Lipinski definition) is 5. The lowest BCUT2D eigenvalue weighted by atomic mass is 10.2. The SMILES string of the molecule is Cc1nc(COc2ccc(C(=O)NCCCO)cc2)cs1. The summed E-state index contributed by atoms with van der Waals surface area (Å²) in [6.07, 6.45) is 0.556. The van der Waals surface area contributed by atoms with Gasteiger partial charge in [0, 0.05) is 24.1 Å². The standard InChI is InChI=1S/C15H18N2O3S/c1-11-17-13(10-21-11)9-20-14-5-3-12(4-6-14)15(19)16-7-2-8-18/h3-6,10,18H,2,7-9H2,1H3,(H,16,19). The lowest BCUT2D eigenvalue weighted by Crippen LogP contribution is -2.24. The van der Waals surface area contributed by atoms with Gasteiger partial charge in [0.1, 0.15) is 12.4 Å². The number of carbonyl (C=O) groups is 1. The quantitative estimate of drug-likeness (QED) is 0.769. The molecule has 6 heteroatoms. The van der Waals surface area contributed by atoms with E-state index in [1.807, 2.05) is 12.3 Å². The van der Waals surface area contributed by atoms with Gasteiger partial charge in [-0.25, -0.2) is 4.98 Å². The second kappa shape index (κ2) is 7.75. The maximum Gasteiger partial charge on any atom is 0.251 e. The van der Waals surface area contributed by atoms with E-state index in [9.17, 15) is 4.79 Å². The summed E-state index contributed by atoms with van der Waals surface area (Å²) in [5.74, 6) is 0.553. The van der Waals surface area contributed by atoms with Gasteiger partial charge >= 0.3 is 0 Å². The highest BCUT2D eigenvalue weighted by Crippen LogP contribution is 2.15. The van der Waals surface area contributed by atoms with Crippen LogP contribution in [0.15, 0.2) is 29.6 Å². The van der Waals surface area contributed by atoms with E-state index in [-0.39, 0.29) is 12.5 Å². The molecule has 0 atom stereocenters. The number of amides is 1. The molecule has 0 saturated heterocycles. The van der Waals surface area contributed by atoms with E-state index in [4.69, 9.17) is 9.84 Å². The molecule has 2 N–H and O–H groups in total. The molecule has 0 fully saturated rings. The fourth-order valence-electron chi connectivity index (χ4n) is 1.72. The first-order valence-electron chi connectivity index (χ1n) is 6.72. The average molecular weight is 306 g/mol. The Hall–Kier alpha value is -1.92. The number of aryl methyl sites for hydroxylation is 1. The summed E-state index contributed by atoms with van der Waals surface area (Å²) in [5, 5.41) is 14.4. The number of aliphatic hydroxyl groups is 1. The summed E-state index contributed by atoms with van der Waals surface area (Å²) in [4.78, 5) is 16.1. The summed E-state index contributed by atoms with van der Waals surface area (Å²) in [6.45, 7) is 2.92. The van der Waals surface area contributed by atoms with Gasteiger partial charge < -0.3 is 15.2 Å². The van der Waals surface area contributed by atoms with Crippen molar-refractivity contribution in [3.63, 3.8) is 0 Å². The highest BCUT2D eigenvalue weighted by Gasteiger charge is 2.05. The highest BCUT2D eigenvalue weighted by molar-refractivity contribution is 7.09. The van der Waals surface area contributed by atoms with Gasteiger partial charge in [0.25, 0.3) is 5.91 Å². The van der Waals surface area contributed by atoms with Crippen LogP contribution in [0.3, 0.4) is 0 Å². The smallest absolute Gasteiger partial charge is 0.251 e. The van der Waals surface area contributed by atoms with Crippen molar-refractivity contribution in [2.45, 2.75) is 20.0 Å². The first-order valence-corrected chi connectivity index (χ1v) is 7.60. The molecule has 0 aliphatic carbocycles. The molecule has 0 radical (unpaired) electrons. The van der Waals surface area contributed by atoms with Crippen molar-refractivity contribution in [3.8, 4) is 5.75 Å². The number of nitrogens with zero attached hydrogens (tertiary/aromatic N) is 1. The van der Waals surface area contributed by atoms with Crippen LogP contribution in [0.4, 0.5) is 0 Å². The number of hydrogen-bond donors (Lipinski definition) is 2. The van der Waals surface area contributed by atoms with E-state index in [2.05, 4.69) is 10.3 Å². The van der Waals surface area contributed by atoms with Crippen molar-refractivity contribution in [3.05, 3.63) is 45.9 Å². The Balaban J connectivity index is 1.85. The topological polar surface area (TPSA) is 71.5 Å². The summed E-state index contributed by atoms with van der Waals surface area (Å²) in [7, 11) is 0. The lowest BCUT2D eigenvalue weighted by molar-refractivity contribution is 0.0951. The first-order chi connectivity index (χ1) is 10.2. The minimum atomic E-state index is -0.148. The zero-order chi connectivity index (χ0) is 15.1. The van der Waals surface area contributed by atoms with Crippen LogP contribution in [0.1, 0.15) is 27.5 Å². The molecule has 0 saturated carbocycles. The van der Waals surface area contributed by atoms with Gasteiger partial charge in [-0.1, -0.05) is 0 Å². The van der Waals surface area contributed by atoms with Crippen molar-refractivity contribution >= 4 is 17.2 Å². The third kappa shape index (κ3) is 4.84. The molecule has 0 bridgehead atoms. The second-order valence-electron chi connectivity index (χ2n) is 4.50. The Kier molecular flexibility index (Phi) is 5.71. The summed E-state index contributed by atoms with van der Waals surface area (Å²) >= 11 is 1.59. The number of nitrogens with one attached hydrogen (secondary N) is 1. The third-order valence-corrected chi connectivity index (χ3v) is 3.61. The average Bonchev–Trinajstić information content (AvgIpc) is 2.91. The minimum Gasteiger partial charge on any atom is -0.487 e. The van der Waals surface area contributed by atoms with Crippen molar-refractivity contribution in [2.75, 3.05) is 13.2 Å². The van der Waals surface area contributed by atoms with E-state index >= 15 is 0 Å². The summed E-state index contributed by atoms with van der Waals surface area (Å²) in [6, 6.07) is 6.96. The molecule has 5 nitrogen and oxygen atoms in total. The Morgan fingerprint density at radius 3 is 2.76 bits per heavy atom. The van der Waals surface area contributed by atoms with Crippen LogP contribution in [-0.2, 0) is 6.61 Å². The van der Waals surface area contributed by atoms with Gasteiger partial charge in [-0.2, -0.15) is 0 Å². The Morgan fingerprint density at radius 2 is 2.14 bits per heavy atom. The predicted octanol–water partition coefficient (Wildman–Crippen LogP) is 2.14. The third-order valence-electron chi connectivity index (χ3n) is 2.79. The molecule has 1 amide bonds. The summed E-state index contributed by atoms with van der Waals surface area (Å²) in [5.41, 5.74) is 1.48. The van der Waals surface area contributed by atoms with Crippen molar-refractivity contribution in [2.24, 2.45) is 0 Å². The Bertz CT molecular complexity index is 581. The van der Waals surface area contributed by atoms with E-state index in [0.29, 0.717) is 30.9 Å². The molecule has 1 aromatic heterocycles. The van der Waals surface area contributed by atoms with E-state index < -0.39 is 0 Å². The maximum absolute atomic E-state index is 11.8. The lowest BCUT2D eigenvalue weighted by Gasteiger charge is -2.06. The van der Waals surface area contributed by atoms with Crippen molar-refractivity contribution in [1.82, 2.24) is 10.3 Å². The minimum absolute atomic E-state index is 0.0726. The van der Waals surface area contributed by atoms with Gasteiger partial charge in [-0.15, -0.1) is 11.3 Å². The number of benzene rings is 1. The zero-order valence-electron chi connectivity index (χ0n) is 11.8. The molecule has 0 aliphatic heterocycles. The molecule has 0 spiro atoms. The van der Waals surface area contributed by atoms with Crippen molar-refractivity contribution in [1.29, 1.82) is 0 Å². The fourth-order valence-corrected chi connectivity index (χ4v) is 2.31. The van der Waals surface area contributed by atoms with Crippen LogP contribution in [0.2, 0.25) is 0 Å². The molecule has 1 aromatic carbocycles. The van der Waals surface area contributed by atoms with Crippen LogP contribution >= 0.6 is 11.3 Å². The van der Waals surface area contributed by atoms with E-state index in [0.717, 1.165) is 10.7 Å². The number of thiazole rings is 1. The predicted molar refractivity (Wildman–Crippen MR) is 81.7 cm³/mol. The fraction of sp³-hybridized carbons (Fsp3) is 0.333. The van der Waals surface area contributed by atoms with Crippen LogP contribution in [-0.4, -0.2) is 29.1 Å². The number of aliphatic hydroxyl groups excluding tert-OH is 1. The number of ether oxygens (including phenoxy) is 1. The number of rotatable bonds is 7. The second-order valence-corrected chi connectivity index (χ2v) is 5.57. The molecule has 2 rings (SSSR count). The van der Waals surface area contributed by atoms with Gasteiger partial charge in [0.2, 0.25) is 0 Å². The highest BCUT2D eigenvalue weighted by atomic mass is 32.1. The van der Waals surface area contributed by atoms with E-state index in [1.54, 1.807) is 35.6 Å². The van der Waals surface area contributed by atoms with Crippen LogP contribution in [0.5, 0.6) is 5.75 Å². The summed E-state index contributed by atoms with van der Waals surface area (Å²) < 4.78 is 5.62. The molecule has 0 aliphatic rings. The van der Waals surface area contributed by atoms with Gasteiger partial charge in [-0.3, -0.25) is 4.79 Å². The monoisotopic (exact) mass is 306 g/mol. The molecule has 2 aromatic rings. The van der Waals surface area contributed by atoms with Gasteiger partial charge in [-0.05, 0) is 37.6 Å². The number of aromatic nitrogens is 1. The van der Waals surface area contributed by atoms with Gasteiger partial charge in [0.05, 0.1) is 10.7 Å². The van der Waals surface area contributed by atoms with E-state index in [1.165, 1.54) is 0 Å². The molecule has 21 heavy (non-hydrogen) atoms. The Labute approximate surface area is 127 Å². The molecule has 0 unspecified atom stereocenters. The first kappa shape index (κ1) is 15.5. The zero-order valence-corrected chi connectivity index (χ0v) is 12.7. The van der Waals surface area contributed by atoms with Crippen LogP contribution < -0.4 is 10.1 Å². The molecular formula is C15H18N2O3S. The maximum atomic E-state index is 11.8. The molecular weight excluding hydrogens is 288 g/mol. The number of carbonyl (C=O) groups excluding carboxylic acids is 1. The molecule has 112 valence electrons.